The summed E-state index contributed by atoms with van der Waals surface area (Å²) in [6, 6.07) is 10.2. The van der Waals surface area contributed by atoms with Crippen molar-refractivity contribution in [2.24, 2.45) is 0 Å². The molecule has 0 saturated carbocycles. The van der Waals surface area contributed by atoms with E-state index in [0.29, 0.717) is 18.1 Å². The molecule has 0 radical (unpaired) electrons. The monoisotopic (exact) mass is 439 g/mol. The van der Waals surface area contributed by atoms with Gasteiger partial charge in [0.1, 0.15) is 17.4 Å². The van der Waals surface area contributed by atoms with Crippen molar-refractivity contribution < 1.29 is 26.7 Å². The topological polar surface area (TPSA) is 22.1 Å². The zero-order valence-electron chi connectivity index (χ0n) is 16.6. The molecule has 2 nitrogen and oxygen atoms in total. The van der Waals surface area contributed by atoms with E-state index in [2.05, 4.69) is 16.8 Å². The lowest BCUT2D eigenvalue weighted by Crippen LogP contribution is -1.95. The van der Waals surface area contributed by atoms with Crippen LogP contribution in [0.15, 0.2) is 54.7 Å². The highest BCUT2D eigenvalue weighted by atomic mass is 19.2. The summed E-state index contributed by atoms with van der Waals surface area (Å²) in [6.45, 7) is 2.29. The van der Waals surface area contributed by atoms with Crippen LogP contribution < -0.4 is 4.74 Å². The van der Waals surface area contributed by atoms with Crippen molar-refractivity contribution in [1.82, 2.24) is 4.98 Å². The Morgan fingerprint density at radius 2 is 1.56 bits per heavy atom. The third-order valence-corrected chi connectivity index (χ3v) is 4.69. The number of fused-ring (bicyclic) bond motifs is 1. The quantitative estimate of drug-likeness (QED) is 0.210. The molecular weight excluding hydrogens is 425 g/mol. The van der Waals surface area contributed by atoms with E-state index >= 15 is 0 Å². The fourth-order valence-corrected chi connectivity index (χ4v) is 3.16. The molecule has 7 heteroatoms. The number of nitrogens with zero attached hydrogens (tertiary/aromatic N) is 1. The average molecular weight is 439 g/mol. The molecule has 0 amide bonds. The summed E-state index contributed by atoms with van der Waals surface area (Å²) in [7, 11) is 0. The van der Waals surface area contributed by atoms with Gasteiger partial charge in [-0.15, -0.1) is 0 Å². The Morgan fingerprint density at radius 1 is 0.812 bits per heavy atom. The molecule has 0 aliphatic heterocycles. The van der Waals surface area contributed by atoms with E-state index in [1.165, 1.54) is 24.4 Å². The SMILES string of the molecule is CCOc1ccc(-c2cc(F)c(C#Cc3ccc4c(F)c(F)c(F)cc4c3)c(F)c2)nc1. The first-order valence-electron chi connectivity index (χ1n) is 9.55. The van der Waals surface area contributed by atoms with Crippen LogP contribution in [0.1, 0.15) is 18.1 Å². The molecule has 4 rings (SSSR count). The first-order valence-corrected chi connectivity index (χ1v) is 9.55. The third-order valence-electron chi connectivity index (χ3n) is 4.69. The van der Waals surface area contributed by atoms with Gasteiger partial charge in [-0.25, -0.2) is 22.0 Å². The van der Waals surface area contributed by atoms with Gasteiger partial charge in [0.05, 0.1) is 24.1 Å². The predicted molar refractivity (Wildman–Crippen MR) is 111 cm³/mol. The Morgan fingerprint density at radius 3 is 2.22 bits per heavy atom. The van der Waals surface area contributed by atoms with Crippen LogP contribution in [0.25, 0.3) is 22.0 Å². The van der Waals surface area contributed by atoms with E-state index < -0.39 is 34.6 Å². The molecule has 0 spiro atoms. The summed E-state index contributed by atoms with van der Waals surface area (Å²) in [5.41, 5.74) is 0.374. The van der Waals surface area contributed by atoms with E-state index in [-0.39, 0.29) is 21.9 Å². The summed E-state index contributed by atoms with van der Waals surface area (Å²) in [6.07, 6.45) is 1.46. The molecule has 0 saturated heterocycles. The van der Waals surface area contributed by atoms with Gasteiger partial charge in [0.25, 0.3) is 0 Å². The van der Waals surface area contributed by atoms with E-state index in [9.17, 15) is 22.0 Å². The van der Waals surface area contributed by atoms with Crippen LogP contribution in [0.4, 0.5) is 22.0 Å². The van der Waals surface area contributed by atoms with E-state index in [1.54, 1.807) is 12.1 Å². The Hall–Kier alpha value is -3.92. The van der Waals surface area contributed by atoms with Gasteiger partial charge in [-0.1, -0.05) is 17.9 Å². The standard InChI is InChI=1S/C25H14F5NO/c1-2-32-17-5-8-23(31-13-17)16-11-20(26)19(21(27)12-16)7-4-14-3-6-18-15(9-14)10-22(28)25(30)24(18)29/h3,5-6,8-13H,2H2,1H3. The van der Waals surface area contributed by atoms with Gasteiger partial charge in [-0.3, -0.25) is 4.98 Å². The Bertz CT molecular complexity index is 1360. The zero-order chi connectivity index (χ0) is 22.8. The molecule has 0 bridgehead atoms. The Labute approximate surface area is 180 Å². The smallest absolute Gasteiger partial charge is 0.195 e. The third kappa shape index (κ3) is 4.12. The van der Waals surface area contributed by atoms with Crippen molar-refractivity contribution in [3.05, 3.63) is 94.9 Å². The van der Waals surface area contributed by atoms with Gasteiger partial charge in [0.2, 0.25) is 0 Å². The lowest BCUT2D eigenvalue weighted by Gasteiger charge is -2.06. The summed E-state index contributed by atoms with van der Waals surface area (Å²) in [5.74, 6) is -0.473. The number of aromatic nitrogens is 1. The van der Waals surface area contributed by atoms with Crippen LogP contribution in [0.3, 0.4) is 0 Å². The summed E-state index contributed by atoms with van der Waals surface area (Å²) < 4.78 is 75.1. The molecule has 0 unspecified atom stereocenters. The molecule has 0 atom stereocenters. The van der Waals surface area contributed by atoms with Crippen molar-refractivity contribution in [2.45, 2.75) is 6.92 Å². The largest absolute Gasteiger partial charge is 0.492 e. The van der Waals surface area contributed by atoms with Gasteiger partial charge < -0.3 is 4.74 Å². The van der Waals surface area contributed by atoms with Crippen molar-refractivity contribution >= 4 is 10.8 Å². The highest BCUT2D eigenvalue weighted by Crippen LogP contribution is 2.26. The minimum absolute atomic E-state index is 0.0751. The molecule has 32 heavy (non-hydrogen) atoms. The molecule has 0 aliphatic carbocycles. The maximum atomic E-state index is 14.6. The van der Waals surface area contributed by atoms with Crippen molar-refractivity contribution in [3.63, 3.8) is 0 Å². The molecular formula is C25H14F5NO. The lowest BCUT2D eigenvalue weighted by atomic mass is 10.0. The van der Waals surface area contributed by atoms with Crippen LogP contribution in [-0.4, -0.2) is 11.6 Å². The Balaban J connectivity index is 1.67. The minimum atomic E-state index is -1.57. The predicted octanol–water partition coefficient (Wildman–Crippen LogP) is 6.40. The van der Waals surface area contributed by atoms with Crippen LogP contribution in [0, 0.1) is 40.9 Å². The highest BCUT2D eigenvalue weighted by molar-refractivity contribution is 5.84. The molecule has 1 aromatic heterocycles. The molecule has 160 valence electrons. The number of benzene rings is 3. The first kappa shape index (κ1) is 21.3. The van der Waals surface area contributed by atoms with Gasteiger partial charge >= 0.3 is 0 Å². The van der Waals surface area contributed by atoms with E-state index in [0.717, 1.165) is 18.2 Å². The maximum Gasteiger partial charge on any atom is 0.195 e. The van der Waals surface area contributed by atoms with E-state index in [4.69, 9.17) is 4.74 Å². The number of rotatable bonds is 3. The normalized spacial score (nSPS) is 10.7. The average Bonchev–Trinajstić information content (AvgIpc) is 2.77. The molecule has 4 aromatic rings. The number of halogens is 5. The van der Waals surface area contributed by atoms with Crippen LogP contribution >= 0.6 is 0 Å². The van der Waals surface area contributed by atoms with Crippen LogP contribution in [0.5, 0.6) is 5.75 Å². The van der Waals surface area contributed by atoms with Gasteiger partial charge in [-0.05, 0) is 54.8 Å². The van der Waals surface area contributed by atoms with Crippen molar-refractivity contribution in [1.29, 1.82) is 0 Å². The molecule has 3 aromatic carbocycles. The fourth-order valence-electron chi connectivity index (χ4n) is 3.16. The summed E-state index contributed by atoms with van der Waals surface area (Å²) in [5, 5.41) is -0.0508. The van der Waals surface area contributed by atoms with Gasteiger partial charge in [0, 0.05) is 16.5 Å². The maximum absolute atomic E-state index is 14.6. The van der Waals surface area contributed by atoms with Crippen molar-refractivity contribution in [2.75, 3.05) is 6.61 Å². The number of ether oxygens (including phenoxy) is 1. The minimum Gasteiger partial charge on any atom is -0.492 e. The number of hydrogen-bond donors (Lipinski definition) is 0. The van der Waals surface area contributed by atoms with E-state index in [1.807, 2.05) is 6.92 Å². The van der Waals surface area contributed by atoms with Gasteiger partial charge in [0.15, 0.2) is 17.5 Å². The highest BCUT2D eigenvalue weighted by Gasteiger charge is 2.14. The van der Waals surface area contributed by atoms with Crippen LogP contribution in [-0.2, 0) is 0 Å². The number of hydrogen-bond acceptors (Lipinski definition) is 2. The second-order valence-corrected chi connectivity index (χ2v) is 6.80. The summed E-state index contributed by atoms with van der Waals surface area (Å²) >= 11 is 0. The second kappa shape index (κ2) is 8.67. The fraction of sp³-hybridized carbons (Fsp3) is 0.0800. The first-order chi connectivity index (χ1) is 15.4. The van der Waals surface area contributed by atoms with Gasteiger partial charge in [-0.2, -0.15) is 0 Å². The van der Waals surface area contributed by atoms with Crippen LogP contribution in [0.2, 0.25) is 0 Å². The zero-order valence-corrected chi connectivity index (χ0v) is 16.6. The Kier molecular flexibility index (Phi) is 5.78. The van der Waals surface area contributed by atoms with Crippen molar-refractivity contribution in [3.8, 4) is 28.8 Å². The molecule has 0 aliphatic rings. The molecule has 0 fully saturated rings. The molecule has 1 heterocycles. The number of pyridine rings is 1. The lowest BCUT2D eigenvalue weighted by molar-refractivity contribution is 0.339. The molecule has 0 N–H and O–H groups in total. The summed E-state index contributed by atoms with van der Waals surface area (Å²) in [4.78, 5) is 4.14. The second-order valence-electron chi connectivity index (χ2n) is 6.80.